The predicted molar refractivity (Wildman–Crippen MR) is 171 cm³/mol. The summed E-state index contributed by atoms with van der Waals surface area (Å²) in [7, 11) is 0. The molecule has 4 aliphatic rings. The van der Waals surface area contributed by atoms with Crippen molar-refractivity contribution in [3.63, 3.8) is 0 Å². The number of carbonyl (C=O) groups is 4. The van der Waals surface area contributed by atoms with Crippen molar-refractivity contribution >= 4 is 35.0 Å². The van der Waals surface area contributed by atoms with E-state index in [-0.39, 0.29) is 35.8 Å². The summed E-state index contributed by atoms with van der Waals surface area (Å²) in [4.78, 5) is 59.5. The second kappa shape index (κ2) is 10.7. The Kier molecular flexibility index (Phi) is 6.88. The summed E-state index contributed by atoms with van der Waals surface area (Å²) in [6.07, 6.45) is 5.61. The standard InChI is InChI=1S/C38H36N2O5/c1-4-10-23-11-9-14-28(33(23)41)32-26-19-20-27-31(36(44)39(34(27)42)25-17-15-22(5-2)16-18-25)29(26)21-30-35(43)40(37(45)38(30,32)3)24-12-7-6-8-13-24/h4,6-9,11-19,27,29-32,41H,1,5,10,20-21H2,2-3H3/t27-,29+,30-,31-,32+,38+/m0/s1. The third kappa shape index (κ3) is 4.09. The molecule has 228 valence electrons. The first kappa shape index (κ1) is 29.0. The Labute approximate surface area is 262 Å². The van der Waals surface area contributed by atoms with Crippen LogP contribution in [0.4, 0.5) is 11.4 Å². The molecule has 45 heavy (non-hydrogen) atoms. The van der Waals surface area contributed by atoms with E-state index in [9.17, 15) is 24.3 Å². The van der Waals surface area contributed by atoms with Crippen LogP contribution in [-0.2, 0) is 32.0 Å². The number of aryl methyl sites for hydroxylation is 1. The van der Waals surface area contributed by atoms with Crippen LogP contribution in [0.5, 0.6) is 5.75 Å². The fraction of sp³-hybridized carbons (Fsp3) is 0.316. The van der Waals surface area contributed by atoms with Crippen molar-refractivity contribution in [2.45, 2.75) is 45.4 Å². The lowest BCUT2D eigenvalue weighted by atomic mass is 9.51. The van der Waals surface area contributed by atoms with Crippen molar-refractivity contribution in [2.24, 2.45) is 29.1 Å². The minimum absolute atomic E-state index is 0.0657. The van der Waals surface area contributed by atoms with Crippen molar-refractivity contribution in [1.29, 1.82) is 0 Å². The van der Waals surface area contributed by atoms with Crippen LogP contribution in [0.15, 0.2) is 97.1 Å². The SMILES string of the molecule is C=CCc1cccc([C@H]2C3=CC[C@@H]4C(=O)N(c5ccc(CC)cc5)C(=O)[C@@H]4[C@@H]3C[C@H]3C(=O)N(c4ccccc4)C(=O)[C@@]23C)c1O. The topological polar surface area (TPSA) is 95.0 Å². The number of benzene rings is 3. The van der Waals surface area contributed by atoms with Gasteiger partial charge in [0, 0.05) is 11.5 Å². The number of hydrogen-bond donors (Lipinski definition) is 1. The summed E-state index contributed by atoms with van der Waals surface area (Å²) in [6.45, 7) is 7.71. The molecule has 1 saturated carbocycles. The van der Waals surface area contributed by atoms with Crippen LogP contribution in [0.1, 0.15) is 49.3 Å². The maximum Gasteiger partial charge on any atom is 0.241 e. The lowest BCUT2D eigenvalue weighted by Crippen LogP contribution is -2.49. The highest BCUT2D eigenvalue weighted by Crippen LogP contribution is 2.64. The zero-order valence-electron chi connectivity index (χ0n) is 25.5. The van der Waals surface area contributed by atoms with Gasteiger partial charge in [-0.05, 0) is 73.9 Å². The number of allylic oxidation sites excluding steroid dienone is 3. The largest absolute Gasteiger partial charge is 0.507 e. The monoisotopic (exact) mass is 600 g/mol. The van der Waals surface area contributed by atoms with Crippen molar-refractivity contribution in [1.82, 2.24) is 0 Å². The molecule has 7 rings (SSSR count). The number of carbonyl (C=O) groups excluding carboxylic acids is 4. The molecule has 0 spiro atoms. The number of hydrogen-bond acceptors (Lipinski definition) is 5. The molecule has 4 amide bonds. The van der Waals surface area contributed by atoms with Crippen molar-refractivity contribution in [3.8, 4) is 5.75 Å². The van der Waals surface area contributed by atoms with Crippen LogP contribution in [0.3, 0.4) is 0 Å². The highest BCUT2D eigenvalue weighted by Gasteiger charge is 2.68. The average molecular weight is 601 g/mol. The van der Waals surface area contributed by atoms with E-state index >= 15 is 0 Å². The Hall–Kier alpha value is -4.78. The number of imide groups is 2. The highest BCUT2D eigenvalue weighted by atomic mass is 16.3. The molecule has 1 N–H and O–H groups in total. The first-order valence-electron chi connectivity index (χ1n) is 15.7. The Bertz CT molecular complexity index is 1780. The van der Waals surface area contributed by atoms with E-state index in [0.29, 0.717) is 35.3 Å². The molecule has 0 bridgehead atoms. The molecular formula is C38H36N2O5. The van der Waals surface area contributed by atoms with Crippen LogP contribution in [-0.4, -0.2) is 28.7 Å². The first-order chi connectivity index (χ1) is 21.7. The van der Waals surface area contributed by atoms with Gasteiger partial charge in [0.05, 0.1) is 34.5 Å². The zero-order valence-corrected chi connectivity index (χ0v) is 25.5. The number of anilines is 2. The molecule has 2 saturated heterocycles. The molecule has 2 heterocycles. The summed E-state index contributed by atoms with van der Waals surface area (Å²) in [6, 6.07) is 21.9. The Morgan fingerprint density at radius 3 is 2.27 bits per heavy atom. The molecule has 0 unspecified atom stereocenters. The minimum atomic E-state index is -1.21. The van der Waals surface area contributed by atoms with Gasteiger partial charge >= 0.3 is 0 Å². The highest BCUT2D eigenvalue weighted by molar-refractivity contribution is 6.25. The van der Waals surface area contributed by atoms with Crippen molar-refractivity contribution in [2.75, 3.05) is 9.80 Å². The molecule has 7 heteroatoms. The minimum Gasteiger partial charge on any atom is -0.507 e. The van der Waals surface area contributed by atoms with Gasteiger partial charge in [0.25, 0.3) is 0 Å². The van der Waals surface area contributed by atoms with Gasteiger partial charge < -0.3 is 5.11 Å². The maximum absolute atomic E-state index is 14.5. The van der Waals surface area contributed by atoms with Crippen molar-refractivity contribution < 1.29 is 24.3 Å². The molecule has 7 nitrogen and oxygen atoms in total. The fourth-order valence-electron chi connectivity index (χ4n) is 8.48. The number of amides is 4. The zero-order chi connectivity index (χ0) is 31.6. The summed E-state index contributed by atoms with van der Waals surface area (Å²) < 4.78 is 0. The van der Waals surface area contributed by atoms with Gasteiger partial charge in [0.2, 0.25) is 23.6 Å². The summed E-state index contributed by atoms with van der Waals surface area (Å²) in [5.41, 5.74) is 3.01. The van der Waals surface area contributed by atoms with Gasteiger partial charge in [-0.2, -0.15) is 0 Å². The molecule has 3 aromatic rings. The molecule has 2 aliphatic carbocycles. The Morgan fingerprint density at radius 1 is 0.867 bits per heavy atom. The smallest absolute Gasteiger partial charge is 0.241 e. The third-order valence-electron chi connectivity index (χ3n) is 10.7. The van der Waals surface area contributed by atoms with Crippen LogP contribution >= 0.6 is 0 Å². The molecule has 0 aromatic heterocycles. The molecule has 0 radical (unpaired) electrons. The van der Waals surface area contributed by atoms with Crippen LogP contribution < -0.4 is 9.80 Å². The average Bonchev–Trinajstić information content (AvgIpc) is 3.42. The van der Waals surface area contributed by atoms with E-state index in [1.807, 2.05) is 61.5 Å². The Morgan fingerprint density at radius 2 is 1.58 bits per heavy atom. The van der Waals surface area contributed by atoms with E-state index in [1.54, 1.807) is 30.3 Å². The van der Waals surface area contributed by atoms with Gasteiger partial charge in [-0.15, -0.1) is 6.58 Å². The predicted octanol–water partition coefficient (Wildman–Crippen LogP) is 6.12. The van der Waals surface area contributed by atoms with E-state index in [2.05, 4.69) is 13.5 Å². The first-order valence-corrected chi connectivity index (χ1v) is 15.7. The fourth-order valence-corrected chi connectivity index (χ4v) is 8.48. The lowest BCUT2D eigenvalue weighted by Gasteiger charge is -2.49. The molecular weight excluding hydrogens is 564 g/mol. The maximum atomic E-state index is 14.5. The summed E-state index contributed by atoms with van der Waals surface area (Å²) in [5, 5.41) is 11.6. The van der Waals surface area contributed by atoms with E-state index in [4.69, 9.17) is 0 Å². The summed E-state index contributed by atoms with van der Waals surface area (Å²) in [5.74, 6) is -4.16. The number of para-hydroxylation sites is 2. The second-order valence-electron chi connectivity index (χ2n) is 12.9. The van der Waals surface area contributed by atoms with Gasteiger partial charge in [-0.3, -0.25) is 24.1 Å². The van der Waals surface area contributed by atoms with Gasteiger partial charge in [-0.25, -0.2) is 4.90 Å². The molecule has 2 aliphatic heterocycles. The van der Waals surface area contributed by atoms with Crippen molar-refractivity contribution in [3.05, 3.63) is 114 Å². The number of aromatic hydroxyl groups is 1. The summed E-state index contributed by atoms with van der Waals surface area (Å²) >= 11 is 0. The van der Waals surface area contributed by atoms with Gasteiger partial charge in [-0.1, -0.05) is 73.2 Å². The van der Waals surface area contributed by atoms with Crippen LogP contribution in [0.25, 0.3) is 0 Å². The van der Waals surface area contributed by atoms with Gasteiger partial charge in [0.15, 0.2) is 0 Å². The lowest BCUT2D eigenvalue weighted by molar-refractivity contribution is -0.131. The molecule has 3 fully saturated rings. The second-order valence-corrected chi connectivity index (χ2v) is 12.9. The van der Waals surface area contributed by atoms with Gasteiger partial charge in [0.1, 0.15) is 5.75 Å². The third-order valence-corrected chi connectivity index (χ3v) is 10.7. The van der Waals surface area contributed by atoms with Crippen LogP contribution in [0.2, 0.25) is 0 Å². The quantitative estimate of drug-likeness (QED) is 0.272. The number of fused-ring (bicyclic) bond motifs is 4. The number of rotatable bonds is 6. The van der Waals surface area contributed by atoms with Crippen LogP contribution in [0, 0.1) is 29.1 Å². The normalized spacial score (nSPS) is 28.9. The molecule has 6 atom stereocenters. The number of phenolic OH excluding ortho intramolecular Hbond substituents is 1. The van der Waals surface area contributed by atoms with E-state index in [0.717, 1.165) is 17.6 Å². The molecule has 3 aromatic carbocycles. The number of nitrogens with zero attached hydrogens (tertiary/aromatic N) is 2. The number of phenols is 1. The van der Waals surface area contributed by atoms with E-state index in [1.165, 1.54) is 9.80 Å². The Balaban J connectivity index is 1.37. The van der Waals surface area contributed by atoms with E-state index < -0.39 is 35.0 Å².